The summed E-state index contributed by atoms with van der Waals surface area (Å²) in [4.78, 5) is 49.7. The van der Waals surface area contributed by atoms with Gasteiger partial charge in [-0.3, -0.25) is 14.4 Å². The third kappa shape index (κ3) is 3.65. The normalized spacial score (nSPS) is 44.9. The molecule has 212 valence electrons. The second-order valence-corrected chi connectivity index (χ2v) is 12.1. The monoisotopic (exact) mass is 538 g/mol. The van der Waals surface area contributed by atoms with Crippen LogP contribution in [0.1, 0.15) is 67.7 Å². The number of ether oxygens (including phenoxy) is 5. The van der Waals surface area contributed by atoms with Crippen LogP contribution in [-0.4, -0.2) is 76.5 Å². The Morgan fingerprint density at radius 3 is 2.08 bits per heavy atom. The highest BCUT2D eigenvalue weighted by Crippen LogP contribution is 2.70. The third-order valence-electron chi connectivity index (χ3n) is 9.77. The van der Waals surface area contributed by atoms with Crippen LogP contribution in [0.2, 0.25) is 0 Å². The number of carbonyl (C=O) groups is 4. The maximum absolute atomic E-state index is 12.9. The fourth-order valence-electron chi connectivity index (χ4n) is 8.16. The molecule has 0 saturated heterocycles. The van der Waals surface area contributed by atoms with Gasteiger partial charge in [0.25, 0.3) is 0 Å². The van der Waals surface area contributed by atoms with Crippen molar-refractivity contribution in [3.05, 3.63) is 11.6 Å². The molecule has 4 aliphatic rings. The lowest BCUT2D eigenvalue weighted by atomic mass is 9.38. The number of methoxy groups -OCH3 is 1. The van der Waals surface area contributed by atoms with Gasteiger partial charge in [-0.25, -0.2) is 4.79 Å². The largest absolute Gasteiger partial charge is 0.462 e. The lowest BCUT2D eigenvalue weighted by Gasteiger charge is -2.71. The van der Waals surface area contributed by atoms with Gasteiger partial charge in [-0.15, -0.1) is 0 Å². The average molecular weight is 539 g/mol. The smallest absolute Gasteiger partial charge is 0.333 e. The first kappa shape index (κ1) is 28.5. The van der Waals surface area contributed by atoms with Gasteiger partial charge in [0.1, 0.15) is 17.8 Å². The van der Waals surface area contributed by atoms with Gasteiger partial charge in [0, 0.05) is 57.3 Å². The van der Waals surface area contributed by atoms with Crippen LogP contribution in [-0.2, 0) is 42.9 Å². The Bertz CT molecular complexity index is 1100. The van der Waals surface area contributed by atoms with Gasteiger partial charge in [-0.2, -0.15) is 0 Å². The van der Waals surface area contributed by atoms with E-state index in [4.69, 9.17) is 23.7 Å². The van der Waals surface area contributed by atoms with Crippen LogP contribution in [0, 0.1) is 22.7 Å². The molecule has 3 aliphatic carbocycles. The van der Waals surface area contributed by atoms with Crippen molar-refractivity contribution in [3.63, 3.8) is 0 Å². The predicted octanol–water partition coefficient (Wildman–Crippen LogP) is 1.57. The van der Waals surface area contributed by atoms with Gasteiger partial charge in [-0.1, -0.05) is 20.8 Å². The fourth-order valence-corrected chi connectivity index (χ4v) is 8.16. The first-order valence-corrected chi connectivity index (χ1v) is 12.9. The molecule has 0 aromatic carbocycles. The molecule has 3 saturated carbocycles. The molecule has 0 radical (unpaired) electrons. The Labute approximate surface area is 221 Å². The molecule has 3 fully saturated rings. The number of hydrogen-bond donors (Lipinski definition) is 2. The van der Waals surface area contributed by atoms with Gasteiger partial charge in [-0.05, 0) is 31.1 Å². The Morgan fingerprint density at radius 1 is 0.974 bits per heavy atom. The van der Waals surface area contributed by atoms with Crippen LogP contribution < -0.4 is 0 Å². The van der Waals surface area contributed by atoms with Crippen molar-refractivity contribution < 1.29 is 53.1 Å². The summed E-state index contributed by atoms with van der Waals surface area (Å²) in [5.41, 5.74) is -5.62. The van der Waals surface area contributed by atoms with E-state index < -0.39 is 81.8 Å². The topological polar surface area (TPSA) is 155 Å². The Hall–Kier alpha value is -2.50. The van der Waals surface area contributed by atoms with Crippen molar-refractivity contribution in [1.29, 1.82) is 0 Å². The minimum atomic E-state index is -2.08. The lowest BCUT2D eigenvalue weighted by molar-refractivity contribution is -0.362. The molecule has 11 nitrogen and oxygen atoms in total. The van der Waals surface area contributed by atoms with Crippen LogP contribution in [0.5, 0.6) is 0 Å². The summed E-state index contributed by atoms with van der Waals surface area (Å²) in [7, 11) is 1.38. The molecule has 1 heterocycles. The van der Waals surface area contributed by atoms with Crippen molar-refractivity contribution >= 4 is 23.9 Å². The molecule has 38 heavy (non-hydrogen) atoms. The predicted molar refractivity (Wildman–Crippen MR) is 129 cm³/mol. The minimum absolute atomic E-state index is 0.130. The molecule has 4 rings (SSSR count). The number of hydrogen-bond acceptors (Lipinski definition) is 11. The van der Waals surface area contributed by atoms with Gasteiger partial charge < -0.3 is 33.9 Å². The number of fused-ring (bicyclic) bond motifs is 4. The summed E-state index contributed by atoms with van der Waals surface area (Å²) in [5, 5.41) is 24.6. The molecule has 1 aliphatic heterocycles. The maximum Gasteiger partial charge on any atom is 0.333 e. The number of carbonyl (C=O) groups excluding carboxylic acids is 4. The van der Waals surface area contributed by atoms with Crippen molar-refractivity contribution in [3.8, 4) is 0 Å². The highest BCUT2D eigenvalue weighted by atomic mass is 16.7. The molecule has 11 heteroatoms. The van der Waals surface area contributed by atoms with Crippen molar-refractivity contribution in [2.45, 2.75) is 103 Å². The average Bonchev–Trinajstić information content (AvgIpc) is 3.10. The Morgan fingerprint density at radius 2 is 1.55 bits per heavy atom. The maximum atomic E-state index is 12.9. The fraction of sp³-hybridized carbons (Fsp3) is 0.778. The Balaban J connectivity index is 2.09. The molecule has 0 bridgehead atoms. The SMILES string of the molecule is CO[C@]1(C)C2=CC(=O)O[C@]2(O)C[C@H]2[C@H]1[C@@H](OC(C)=O)[C@H](OC(C)=O)[C@@]1(O)C(C)(C)CC[C@H](OC(C)=O)[C@]21C. The quantitative estimate of drug-likeness (QED) is 0.396. The van der Waals surface area contributed by atoms with E-state index in [1.807, 2.05) is 13.8 Å². The third-order valence-corrected chi connectivity index (χ3v) is 9.77. The van der Waals surface area contributed by atoms with Crippen LogP contribution in [0.3, 0.4) is 0 Å². The summed E-state index contributed by atoms with van der Waals surface area (Å²) in [5.74, 6) is -6.50. The number of esters is 4. The molecule has 2 N–H and O–H groups in total. The molecule has 0 aromatic heterocycles. The summed E-state index contributed by atoms with van der Waals surface area (Å²) < 4.78 is 28.9. The van der Waals surface area contributed by atoms with E-state index in [1.165, 1.54) is 27.9 Å². The van der Waals surface area contributed by atoms with Gasteiger partial charge in [0.2, 0.25) is 5.79 Å². The molecular weight excluding hydrogens is 500 g/mol. The zero-order valence-corrected chi connectivity index (χ0v) is 23.2. The van der Waals surface area contributed by atoms with E-state index in [2.05, 4.69) is 0 Å². The van der Waals surface area contributed by atoms with Crippen molar-refractivity contribution in [2.24, 2.45) is 22.7 Å². The van der Waals surface area contributed by atoms with E-state index >= 15 is 0 Å². The summed E-state index contributed by atoms with van der Waals surface area (Å²) in [6.07, 6.45) is -1.83. The highest BCUT2D eigenvalue weighted by Gasteiger charge is 2.81. The first-order valence-electron chi connectivity index (χ1n) is 12.9. The van der Waals surface area contributed by atoms with E-state index in [1.54, 1.807) is 13.8 Å². The second-order valence-electron chi connectivity index (χ2n) is 12.1. The van der Waals surface area contributed by atoms with E-state index in [0.29, 0.717) is 12.8 Å². The zero-order chi connectivity index (χ0) is 28.6. The second kappa shape index (κ2) is 8.76. The molecule has 0 amide bonds. The van der Waals surface area contributed by atoms with Crippen LogP contribution in [0.25, 0.3) is 0 Å². The molecule has 0 unspecified atom stereocenters. The van der Waals surface area contributed by atoms with E-state index in [0.717, 1.165) is 6.08 Å². The number of rotatable bonds is 4. The van der Waals surface area contributed by atoms with E-state index in [9.17, 15) is 29.4 Å². The van der Waals surface area contributed by atoms with Crippen molar-refractivity contribution in [1.82, 2.24) is 0 Å². The van der Waals surface area contributed by atoms with Crippen LogP contribution in [0.4, 0.5) is 0 Å². The van der Waals surface area contributed by atoms with Crippen molar-refractivity contribution in [2.75, 3.05) is 7.11 Å². The molecule has 0 spiro atoms. The first-order chi connectivity index (χ1) is 17.4. The minimum Gasteiger partial charge on any atom is -0.462 e. The van der Waals surface area contributed by atoms with Gasteiger partial charge in [0.15, 0.2) is 6.10 Å². The molecule has 0 aromatic rings. The molecule has 9 atom stereocenters. The van der Waals surface area contributed by atoms with Gasteiger partial charge >= 0.3 is 23.9 Å². The summed E-state index contributed by atoms with van der Waals surface area (Å²) in [6.45, 7) is 10.6. The summed E-state index contributed by atoms with van der Waals surface area (Å²) >= 11 is 0. The van der Waals surface area contributed by atoms with Crippen LogP contribution >= 0.6 is 0 Å². The van der Waals surface area contributed by atoms with Crippen LogP contribution in [0.15, 0.2) is 11.6 Å². The summed E-state index contributed by atoms with van der Waals surface area (Å²) in [6, 6.07) is 0. The zero-order valence-electron chi connectivity index (χ0n) is 23.2. The van der Waals surface area contributed by atoms with E-state index in [-0.39, 0.29) is 12.0 Å². The lowest BCUT2D eigenvalue weighted by Crippen LogP contribution is -2.82. The standard InChI is InChI=1S/C27H38O11/c1-13(28)35-18-9-10-23(4,5)27(33)22(37-15(3)30)21(36-14(2)29)20-16(24(18,27)6)12-26(32)17(11-19(31)38-26)25(20,7)34-8/h11,16,18,20-22,32-33H,9-10,12H2,1-8H3/t16-,18-,20-,21+,22-,24-,25+,26+,27+/m0/s1. The van der Waals surface area contributed by atoms with Gasteiger partial charge in [0.05, 0.1) is 5.60 Å². The number of aliphatic hydroxyl groups is 2. The highest BCUT2D eigenvalue weighted by molar-refractivity contribution is 5.87. The molecular formula is C27H38O11. The Kier molecular flexibility index (Phi) is 6.57.